The average Bonchev–Trinajstić information content (AvgIpc) is 3.19. The van der Waals surface area contributed by atoms with Crippen LogP contribution in [0.15, 0.2) is 24.3 Å². The minimum absolute atomic E-state index is 0.0451. The second-order valence-corrected chi connectivity index (χ2v) is 8.73. The van der Waals surface area contributed by atoms with Crippen LogP contribution in [0.3, 0.4) is 0 Å². The first-order valence-electron chi connectivity index (χ1n) is 11.2. The zero-order chi connectivity index (χ0) is 25.4. The molecule has 10 heteroatoms. The van der Waals surface area contributed by atoms with E-state index in [1.165, 1.54) is 0 Å². The van der Waals surface area contributed by atoms with E-state index in [4.69, 9.17) is 14.6 Å². The van der Waals surface area contributed by atoms with Crippen molar-refractivity contribution in [3.63, 3.8) is 0 Å². The summed E-state index contributed by atoms with van der Waals surface area (Å²) in [6.45, 7) is 7.94. The molecule has 2 amide bonds. The number of benzene rings is 1. The number of carbonyl (C=O) groups is 3. The van der Waals surface area contributed by atoms with Crippen molar-refractivity contribution in [2.75, 3.05) is 20.8 Å². The Hall–Kier alpha value is -3.56. The lowest BCUT2D eigenvalue weighted by Gasteiger charge is -2.21. The number of carboxylic acids is 1. The molecular formula is C24H34N4O6. The second-order valence-electron chi connectivity index (χ2n) is 8.73. The lowest BCUT2D eigenvalue weighted by molar-refractivity contribution is -0.138. The van der Waals surface area contributed by atoms with Crippen molar-refractivity contribution in [2.45, 2.75) is 46.7 Å². The molecule has 0 aliphatic heterocycles. The number of hydrogen-bond donors (Lipinski definition) is 3. The Morgan fingerprint density at radius 1 is 1.09 bits per heavy atom. The van der Waals surface area contributed by atoms with Gasteiger partial charge in [0.2, 0.25) is 5.91 Å². The normalized spacial score (nSPS) is 11.9. The summed E-state index contributed by atoms with van der Waals surface area (Å²) in [5, 5.41) is 18.5. The van der Waals surface area contributed by atoms with E-state index in [9.17, 15) is 14.4 Å². The highest BCUT2D eigenvalue weighted by atomic mass is 16.5. The summed E-state index contributed by atoms with van der Waals surface area (Å²) in [4.78, 5) is 35.9. The van der Waals surface area contributed by atoms with Gasteiger partial charge in [0.05, 0.1) is 25.5 Å². The summed E-state index contributed by atoms with van der Waals surface area (Å²) in [7, 11) is 3.13. The largest absolute Gasteiger partial charge is 0.496 e. The minimum atomic E-state index is -1.13. The van der Waals surface area contributed by atoms with Gasteiger partial charge in [-0.2, -0.15) is 5.10 Å². The SMILES string of the molecule is COc1cccc(OC)c1-c1cc(C(=O)NC(CC(=O)NCC(=O)O)C(C)C)nn1CC(C)C. The monoisotopic (exact) mass is 474 g/mol. The molecule has 3 N–H and O–H groups in total. The highest BCUT2D eigenvalue weighted by Crippen LogP contribution is 2.38. The summed E-state index contributed by atoms with van der Waals surface area (Å²) in [6.07, 6.45) is -0.0451. The van der Waals surface area contributed by atoms with Gasteiger partial charge in [-0.3, -0.25) is 19.1 Å². The molecule has 0 saturated heterocycles. The predicted octanol–water partition coefficient (Wildman–Crippen LogP) is 2.57. The number of methoxy groups -OCH3 is 2. The number of aliphatic carboxylic acids is 1. The van der Waals surface area contributed by atoms with Crippen LogP contribution >= 0.6 is 0 Å². The Labute approximate surface area is 199 Å². The summed E-state index contributed by atoms with van der Waals surface area (Å²) in [5.74, 6) is -0.637. The highest BCUT2D eigenvalue weighted by molar-refractivity contribution is 5.94. The van der Waals surface area contributed by atoms with Crippen LogP contribution in [0.2, 0.25) is 0 Å². The molecule has 2 rings (SSSR count). The molecule has 0 aliphatic carbocycles. The van der Waals surface area contributed by atoms with Crippen LogP contribution in [-0.4, -0.2) is 59.5 Å². The molecule has 1 aromatic heterocycles. The van der Waals surface area contributed by atoms with Crippen LogP contribution < -0.4 is 20.1 Å². The first-order chi connectivity index (χ1) is 16.1. The van der Waals surface area contributed by atoms with Gasteiger partial charge in [0.1, 0.15) is 18.0 Å². The Bertz CT molecular complexity index is 993. The van der Waals surface area contributed by atoms with Crippen molar-refractivity contribution in [3.05, 3.63) is 30.0 Å². The molecule has 1 atom stereocenters. The summed E-state index contributed by atoms with van der Waals surface area (Å²) in [5.41, 5.74) is 1.56. The first-order valence-corrected chi connectivity index (χ1v) is 11.2. The fourth-order valence-corrected chi connectivity index (χ4v) is 3.46. The van der Waals surface area contributed by atoms with E-state index in [1.54, 1.807) is 25.0 Å². The summed E-state index contributed by atoms with van der Waals surface area (Å²) < 4.78 is 12.8. The molecule has 0 fully saturated rings. The van der Waals surface area contributed by atoms with E-state index in [0.717, 1.165) is 0 Å². The molecule has 34 heavy (non-hydrogen) atoms. The quantitative estimate of drug-likeness (QED) is 0.431. The van der Waals surface area contributed by atoms with Crippen LogP contribution in [-0.2, 0) is 16.1 Å². The number of hydrogen-bond acceptors (Lipinski definition) is 6. The molecule has 1 unspecified atom stereocenters. The summed E-state index contributed by atoms with van der Waals surface area (Å²) >= 11 is 0. The predicted molar refractivity (Wildman–Crippen MR) is 127 cm³/mol. The van der Waals surface area contributed by atoms with Crippen LogP contribution in [0.5, 0.6) is 11.5 Å². The zero-order valence-corrected chi connectivity index (χ0v) is 20.5. The van der Waals surface area contributed by atoms with E-state index < -0.39 is 30.4 Å². The van der Waals surface area contributed by atoms with Gasteiger partial charge < -0.3 is 25.2 Å². The van der Waals surface area contributed by atoms with Crippen molar-refractivity contribution < 1.29 is 29.0 Å². The molecule has 0 spiro atoms. The molecule has 1 heterocycles. The number of carboxylic acid groups (broad SMARTS) is 1. The standard InChI is InChI=1S/C24H34N4O6/c1-14(2)13-28-18(23-19(33-5)8-7-9-20(23)34-6)10-17(27-28)24(32)26-16(15(3)4)11-21(29)25-12-22(30)31/h7-10,14-16H,11-13H2,1-6H3,(H,25,29)(H,26,32)(H,30,31). The Kier molecular flexibility index (Phi) is 9.47. The maximum Gasteiger partial charge on any atom is 0.322 e. The van der Waals surface area contributed by atoms with Crippen LogP contribution in [0, 0.1) is 11.8 Å². The number of nitrogens with one attached hydrogen (secondary N) is 2. The average molecular weight is 475 g/mol. The van der Waals surface area contributed by atoms with Gasteiger partial charge in [-0.1, -0.05) is 33.8 Å². The first kappa shape index (κ1) is 26.7. The van der Waals surface area contributed by atoms with Gasteiger partial charge >= 0.3 is 5.97 Å². The summed E-state index contributed by atoms with van der Waals surface area (Å²) in [6, 6.07) is 6.63. The van der Waals surface area contributed by atoms with Crippen LogP contribution in [0.1, 0.15) is 44.6 Å². The molecule has 0 radical (unpaired) electrons. The van der Waals surface area contributed by atoms with E-state index in [-0.39, 0.29) is 24.0 Å². The fourth-order valence-electron chi connectivity index (χ4n) is 3.46. The number of nitrogens with zero attached hydrogens (tertiary/aromatic N) is 2. The minimum Gasteiger partial charge on any atom is -0.496 e. The Morgan fingerprint density at radius 3 is 2.21 bits per heavy atom. The van der Waals surface area contributed by atoms with Gasteiger partial charge in [0.15, 0.2) is 5.69 Å². The molecule has 0 bridgehead atoms. The lowest BCUT2D eigenvalue weighted by atomic mass is 10.00. The third-order valence-corrected chi connectivity index (χ3v) is 5.20. The van der Waals surface area contributed by atoms with E-state index in [2.05, 4.69) is 29.6 Å². The zero-order valence-electron chi connectivity index (χ0n) is 20.5. The third-order valence-electron chi connectivity index (χ3n) is 5.20. The topological polar surface area (TPSA) is 132 Å². The molecule has 10 nitrogen and oxygen atoms in total. The number of carbonyl (C=O) groups excluding carboxylic acids is 2. The molecule has 0 aliphatic rings. The maximum atomic E-state index is 13.1. The van der Waals surface area contributed by atoms with Gasteiger partial charge in [-0.25, -0.2) is 0 Å². The number of aromatic nitrogens is 2. The number of rotatable bonds is 12. The molecule has 2 aromatic rings. The number of amides is 2. The van der Waals surface area contributed by atoms with Gasteiger partial charge in [0.25, 0.3) is 5.91 Å². The smallest absolute Gasteiger partial charge is 0.322 e. The van der Waals surface area contributed by atoms with Gasteiger partial charge in [0, 0.05) is 19.0 Å². The van der Waals surface area contributed by atoms with Crippen molar-refractivity contribution in [2.24, 2.45) is 11.8 Å². The number of ether oxygens (including phenoxy) is 2. The van der Waals surface area contributed by atoms with Crippen molar-refractivity contribution >= 4 is 17.8 Å². The van der Waals surface area contributed by atoms with Gasteiger partial charge in [-0.15, -0.1) is 0 Å². The molecule has 186 valence electrons. The maximum absolute atomic E-state index is 13.1. The highest BCUT2D eigenvalue weighted by Gasteiger charge is 2.25. The fraction of sp³-hybridized carbons (Fsp3) is 0.500. The van der Waals surface area contributed by atoms with Crippen molar-refractivity contribution in [1.29, 1.82) is 0 Å². The second kappa shape index (κ2) is 12.1. The van der Waals surface area contributed by atoms with Gasteiger partial charge in [-0.05, 0) is 30.0 Å². The van der Waals surface area contributed by atoms with Crippen molar-refractivity contribution in [3.8, 4) is 22.8 Å². The van der Waals surface area contributed by atoms with Crippen LogP contribution in [0.4, 0.5) is 0 Å². The Balaban J connectivity index is 2.37. The lowest BCUT2D eigenvalue weighted by Crippen LogP contribution is -2.43. The van der Waals surface area contributed by atoms with Crippen LogP contribution in [0.25, 0.3) is 11.3 Å². The van der Waals surface area contributed by atoms with Crippen molar-refractivity contribution in [1.82, 2.24) is 20.4 Å². The van der Waals surface area contributed by atoms with E-state index in [1.807, 2.05) is 32.0 Å². The Morgan fingerprint density at radius 2 is 1.71 bits per heavy atom. The molecular weight excluding hydrogens is 440 g/mol. The molecule has 1 aromatic carbocycles. The molecule has 0 saturated carbocycles. The van der Waals surface area contributed by atoms with E-state index in [0.29, 0.717) is 29.3 Å². The van der Waals surface area contributed by atoms with E-state index >= 15 is 0 Å². The third kappa shape index (κ3) is 6.97.